The largest absolute Gasteiger partial charge is 0.493 e. The van der Waals surface area contributed by atoms with E-state index >= 15 is 0 Å². The van der Waals surface area contributed by atoms with Crippen molar-refractivity contribution in [3.8, 4) is 17.2 Å². The molecule has 0 bridgehead atoms. The second-order valence-corrected chi connectivity index (χ2v) is 7.11. The van der Waals surface area contributed by atoms with Gasteiger partial charge in [-0.25, -0.2) is 0 Å². The molecule has 5 nitrogen and oxygen atoms in total. The molecule has 0 aromatic heterocycles. The lowest BCUT2D eigenvalue weighted by Gasteiger charge is -2.23. The van der Waals surface area contributed by atoms with Crippen molar-refractivity contribution in [3.63, 3.8) is 0 Å². The Labute approximate surface area is 178 Å². The minimum absolute atomic E-state index is 0.132. The first kappa shape index (κ1) is 21.5. The highest BCUT2D eigenvalue weighted by Crippen LogP contribution is 2.31. The first-order valence-electron chi connectivity index (χ1n) is 10.3. The lowest BCUT2D eigenvalue weighted by molar-refractivity contribution is -0.128. The van der Waals surface area contributed by atoms with Crippen LogP contribution in [0.1, 0.15) is 38.3 Å². The van der Waals surface area contributed by atoms with Crippen LogP contribution in [-0.4, -0.2) is 26.2 Å². The molecule has 30 heavy (non-hydrogen) atoms. The van der Waals surface area contributed by atoms with E-state index in [0.29, 0.717) is 23.7 Å². The van der Waals surface area contributed by atoms with Crippen LogP contribution in [0.25, 0.3) is 10.8 Å². The lowest BCUT2D eigenvalue weighted by Crippen LogP contribution is -2.39. The highest BCUT2D eigenvalue weighted by molar-refractivity contribution is 5.84. The summed E-state index contributed by atoms with van der Waals surface area (Å²) in [6.07, 6.45) is 0.745. The van der Waals surface area contributed by atoms with Gasteiger partial charge in [0, 0.05) is 0 Å². The molecule has 0 unspecified atom stereocenters. The molecule has 1 N–H and O–H groups in total. The van der Waals surface area contributed by atoms with Crippen molar-refractivity contribution >= 4 is 16.7 Å². The van der Waals surface area contributed by atoms with E-state index in [9.17, 15) is 4.79 Å². The Morgan fingerprint density at radius 3 is 2.27 bits per heavy atom. The molecule has 0 heterocycles. The maximum Gasteiger partial charge on any atom is 0.261 e. The molecule has 0 saturated heterocycles. The fraction of sp³-hybridized carbons (Fsp3) is 0.320. The third kappa shape index (κ3) is 4.85. The summed E-state index contributed by atoms with van der Waals surface area (Å²) in [7, 11) is 3.21. The van der Waals surface area contributed by atoms with Gasteiger partial charge >= 0.3 is 0 Å². The third-order valence-electron chi connectivity index (χ3n) is 5.20. The number of nitrogens with one attached hydrogen (secondary N) is 1. The number of methoxy groups -OCH3 is 2. The van der Waals surface area contributed by atoms with E-state index in [2.05, 4.69) is 11.4 Å². The molecule has 3 aromatic carbocycles. The Morgan fingerprint density at radius 2 is 1.60 bits per heavy atom. The van der Waals surface area contributed by atoms with Crippen molar-refractivity contribution in [2.24, 2.45) is 0 Å². The van der Waals surface area contributed by atoms with Gasteiger partial charge in [0.25, 0.3) is 5.91 Å². The Morgan fingerprint density at radius 1 is 0.867 bits per heavy atom. The molecule has 0 radical (unpaired) electrons. The zero-order valence-corrected chi connectivity index (χ0v) is 18.0. The number of benzene rings is 3. The van der Waals surface area contributed by atoms with Gasteiger partial charge in [-0.15, -0.1) is 0 Å². The predicted octanol–water partition coefficient (Wildman–Crippen LogP) is 5.28. The van der Waals surface area contributed by atoms with Crippen molar-refractivity contribution in [1.29, 1.82) is 0 Å². The highest BCUT2D eigenvalue weighted by Gasteiger charge is 2.22. The number of fused-ring (bicyclic) bond motifs is 1. The summed E-state index contributed by atoms with van der Waals surface area (Å²) in [5, 5.41) is 5.35. The molecule has 0 aliphatic rings. The second-order valence-electron chi connectivity index (χ2n) is 7.11. The predicted molar refractivity (Wildman–Crippen MR) is 119 cm³/mol. The summed E-state index contributed by atoms with van der Waals surface area (Å²) < 4.78 is 16.7. The summed E-state index contributed by atoms with van der Waals surface area (Å²) in [5.74, 6) is 1.86. The van der Waals surface area contributed by atoms with Gasteiger partial charge in [0.05, 0.1) is 20.3 Å². The number of hydrogen-bond donors (Lipinski definition) is 1. The van der Waals surface area contributed by atoms with Crippen molar-refractivity contribution in [3.05, 3.63) is 66.2 Å². The van der Waals surface area contributed by atoms with Gasteiger partial charge in [-0.3, -0.25) is 4.79 Å². The van der Waals surface area contributed by atoms with Gasteiger partial charge in [0.15, 0.2) is 17.6 Å². The first-order valence-corrected chi connectivity index (χ1v) is 10.3. The van der Waals surface area contributed by atoms with Gasteiger partial charge in [-0.1, -0.05) is 50.2 Å². The normalized spacial score (nSPS) is 12.8. The molecule has 5 heteroatoms. The zero-order valence-electron chi connectivity index (χ0n) is 18.0. The summed E-state index contributed by atoms with van der Waals surface area (Å²) in [6, 6.07) is 19.5. The fourth-order valence-electron chi connectivity index (χ4n) is 3.48. The molecule has 2 atom stereocenters. The van der Waals surface area contributed by atoms with Crippen LogP contribution in [-0.2, 0) is 4.79 Å². The number of carbonyl (C=O) groups is 1. The van der Waals surface area contributed by atoms with E-state index in [1.807, 2.05) is 68.4 Å². The smallest absolute Gasteiger partial charge is 0.261 e. The molecule has 0 fully saturated rings. The van der Waals surface area contributed by atoms with E-state index in [1.54, 1.807) is 14.2 Å². The summed E-state index contributed by atoms with van der Waals surface area (Å²) in [6.45, 7) is 3.98. The molecule has 0 aliphatic carbocycles. The Bertz CT molecular complexity index is 1000. The maximum atomic E-state index is 13.0. The van der Waals surface area contributed by atoms with Gasteiger partial charge in [-0.2, -0.15) is 0 Å². The topological polar surface area (TPSA) is 56.8 Å². The average Bonchev–Trinajstić information content (AvgIpc) is 2.80. The van der Waals surface area contributed by atoms with E-state index in [1.165, 1.54) is 0 Å². The molecule has 3 aromatic rings. The highest BCUT2D eigenvalue weighted by atomic mass is 16.5. The number of amides is 1. The van der Waals surface area contributed by atoms with Crippen molar-refractivity contribution in [1.82, 2.24) is 5.32 Å². The number of carbonyl (C=O) groups excluding carboxylic acids is 1. The zero-order chi connectivity index (χ0) is 21.5. The van der Waals surface area contributed by atoms with E-state index in [0.717, 1.165) is 22.8 Å². The lowest BCUT2D eigenvalue weighted by atomic mass is 10.0. The quantitative estimate of drug-likeness (QED) is 0.524. The van der Waals surface area contributed by atoms with Crippen LogP contribution >= 0.6 is 0 Å². The Hall–Kier alpha value is -3.21. The molecule has 3 rings (SSSR count). The van der Waals surface area contributed by atoms with E-state index in [-0.39, 0.29) is 11.9 Å². The molecular formula is C25H29NO4. The van der Waals surface area contributed by atoms with Crippen molar-refractivity contribution in [2.45, 2.75) is 38.8 Å². The van der Waals surface area contributed by atoms with Crippen LogP contribution in [0.4, 0.5) is 0 Å². The molecule has 0 aliphatic heterocycles. The van der Waals surface area contributed by atoms with Crippen molar-refractivity contribution < 1.29 is 19.0 Å². The SMILES string of the molecule is CC[C@H](NC(=O)[C@@H](CC)Oc1ccc2ccccc2c1)c1ccc(OC)c(OC)c1. The standard InChI is InChI=1S/C25H29NO4/c1-5-21(19-12-14-23(28-3)24(16-19)29-4)26-25(27)22(6-2)30-20-13-11-17-9-7-8-10-18(17)15-20/h7-16,21-22H,5-6H2,1-4H3,(H,26,27)/t21-,22+/m0/s1. The molecule has 1 amide bonds. The van der Waals surface area contributed by atoms with Crippen molar-refractivity contribution in [2.75, 3.05) is 14.2 Å². The van der Waals surface area contributed by atoms with Crippen LogP contribution in [0.15, 0.2) is 60.7 Å². The van der Waals surface area contributed by atoms with Gasteiger partial charge in [0.1, 0.15) is 5.75 Å². The molecule has 0 saturated carbocycles. The second kappa shape index (κ2) is 10.0. The average molecular weight is 408 g/mol. The van der Waals surface area contributed by atoms with E-state index < -0.39 is 6.10 Å². The Balaban J connectivity index is 1.74. The fourth-order valence-corrected chi connectivity index (χ4v) is 3.48. The van der Waals surface area contributed by atoms with Crippen LogP contribution in [0, 0.1) is 0 Å². The van der Waals surface area contributed by atoms with Crippen LogP contribution in [0.5, 0.6) is 17.2 Å². The van der Waals surface area contributed by atoms with Crippen LogP contribution < -0.4 is 19.5 Å². The molecule has 158 valence electrons. The van der Waals surface area contributed by atoms with Gasteiger partial charge < -0.3 is 19.5 Å². The summed E-state index contributed by atoms with van der Waals surface area (Å²) >= 11 is 0. The summed E-state index contributed by atoms with van der Waals surface area (Å²) in [4.78, 5) is 13.0. The summed E-state index contributed by atoms with van der Waals surface area (Å²) in [5.41, 5.74) is 0.962. The number of rotatable bonds is 9. The minimum atomic E-state index is -0.569. The van der Waals surface area contributed by atoms with Crippen LogP contribution in [0.2, 0.25) is 0 Å². The molecule has 0 spiro atoms. The Kier molecular flexibility index (Phi) is 7.17. The van der Waals surface area contributed by atoms with E-state index in [4.69, 9.17) is 14.2 Å². The number of ether oxygens (including phenoxy) is 3. The van der Waals surface area contributed by atoms with Gasteiger partial charge in [-0.05, 0) is 53.4 Å². The van der Waals surface area contributed by atoms with Crippen LogP contribution in [0.3, 0.4) is 0 Å². The number of hydrogen-bond acceptors (Lipinski definition) is 4. The third-order valence-corrected chi connectivity index (χ3v) is 5.20. The monoisotopic (exact) mass is 407 g/mol. The first-order chi connectivity index (χ1) is 14.6. The van der Waals surface area contributed by atoms with Gasteiger partial charge in [0.2, 0.25) is 0 Å². The minimum Gasteiger partial charge on any atom is -0.493 e. The maximum absolute atomic E-state index is 13.0. The molecular weight excluding hydrogens is 378 g/mol.